The standard InChI is InChI=1S/C16H26F2N2O2/c17-16(18)4-1-13(2-5-16)11-20-8-6-15(7-9-20)12-19-14(21)3-10-22-15/h13H,1-12H2,(H,19,21). The fourth-order valence-corrected chi connectivity index (χ4v) is 3.87. The Bertz CT molecular complexity index is 399. The molecule has 22 heavy (non-hydrogen) atoms. The SMILES string of the molecule is O=C1CCOC2(CCN(CC3CCC(F)(F)CC3)CC2)CN1. The molecular formula is C16H26F2N2O2. The van der Waals surface area contributed by atoms with Crippen LogP contribution in [-0.2, 0) is 9.53 Å². The molecule has 1 aliphatic carbocycles. The average Bonchev–Trinajstić information content (AvgIpc) is 2.67. The van der Waals surface area contributed by atoms with E-state index in [1.54, 1.807) is 0 Å². The van der Waals surface area contributed by atoms with Gasteiger partial charge in [0.25, 0.3) is 0 Å². The Morgan fingerprint density at radius 3 is 2.55 bits per heavy atom. The molecule has 2 saturated heterocycles. The molecule has 0 aromatic rings. The summed E-state index contributed by atoms with van der Waals surface area (Å²) in [5.74, 6) is -1.96. The van der Waals surface area contributed by atoms with Crippen molar-refractivity contribution < 1.29 is 18.3 Å². The van der Waals surface area contributed by atoms with Gasteiger partial charge < -0.3 is 15.0 Å². The third-order valence-electron chi connectivity index (χ3n) is 5.47. The first-order chi connectivity index (χ1) is 10.5. The van der Waals surface area contributed by atoms with E-state index in [-0.39, 0.29) is 24.3 Å². The minimum absolute atomic E-state index is 0.0462. The molecule has 0 unspecified atom stereocenters. The molecule has 2 aliphatic heterocycles. The monoisotopic (exact) mass is 316 g/mol. The van der Waals surface area contributed by atoms with Gasteiger partial charge in [-0.15, -0.1) is 0 Å². The lowest BCUT2D eigenvalue weighted by atomic mass is 9.85. The molecule has 0 atom stereocenters. The Morgan fingerprint density at radius 2 is 1.86 bits per heavy atom. The van der Waals surface area contributed by atoms with Crippen LogP contribution in [0.5, 0.6) is 0 Å². The van der Waals surface area contributed by atoms with Gasteiger partial charge in [-0.25, -0.2) is 8.78 Å². The van der Waals surface area contributed by atoms with Crippen molar-refractivity contribution in [2.24, 2.45) is 5.92 Å². The highest BCUT2D eigenvalue weighted by Crippen LogP contribution is 2.37. The molecule has 3 fully saturated rings. The topological polar surface area (TPSA) is 41.6 Å². The van der Waals surface area contributed by atoms with E-state index >= 15 is 0 Å². The van der Waals surface area contributed by atoms with Gasteiger partial charge in [-0.1, -0.05) is 0 Å². The Hall–Kier alpha value is -0.750. The molecule has 0 aromatic heterocycles. The summed E-state index contributed by atoms with van der Waals surface area (Å²) in [6, 6.07) is 0. The molecule has 0 radical (unpaired) electrons. The lowest BCUT2D eigenvalue weighted by Crippen LogP contribution is -2.51. The van der Waals surface area contributed by atoms with E-state index < -0.39 is 5.92 Å². The maximum atomic E-state index is 13.2. The number of carbonyl (C=O) groups excluding carboxylic acids is 1. The van der Waals surface area contributed by atoms with Crippen LogP contribution in [-0.4, -0.2) is 55.1 Å². The van der Waals surface area contributed by atoms with Crippen molar-refractivity contribution in [2.75, 3.05) is 32.8 Å². The first-order valence-corrected chi connectivity index (χ1v) is 8.47. The van der Waals surface area contributed by atoms with E-state index in [1.807, 2.05) is 0 Å². The molecule has 1 amide bonds. The van der Waals surface area contributed by atoms with Crippen molar-refractivity contribution >= 4 is 5.91 Å². The van der Waals surface area contributed by atoms with Crippen molar-refractivity contribution in [1.29, 1.82) is 0 Å². The van der Waals surface area contributed by atoms with Gasteiger partial charge in [0.05, 0.1) is 12.2 Å². The number of nitrogens with zero attached hydrogens (tertiary/aromatic N) is 1. The van der Waals surface area contributed by atoms with E-state index in [4.69, 9.17) is 4.74 Å². The quantitative estimate of drug-likeness (QED) is 0.849. The number of hydrogen-bond acceptors (Lipinski definition) is 3. The maximum absolute atomic E-state index is 13.2. The summed E-state index contributed by atoms with van der Waals surface area (Å²) in [5, 5.41) is 2.94. The molecular weight excluding hydrogens is 290 g/mol. The number of ether oxygens (including phenoxy) is 1. The Balaban J connectivity index is 1.45. The van der Waals surface area contributed by atoms with Gasteiger partial charge in [0.1, 0.15) is 0 Å². The van der Waals surface area contributed by atoms with E-state index in [0.29, 0.717) is 38.3 Å². The molecule has 3 rings (SSSR count). The van der Waals surface area contributed by atoms with Gasteiger partial charge >= 0.3 is 0 Å². The lowest BCUT2D eigenvalue weighted by molar-refractivity contribution is -0.120. The molecule has 1 spiro atoms. The minimum atomic E-state index is -2.44. The van der Waals surface area contributed by atoms with Crippen LogP contribution in [0.2, 0.25) is 0 Å². The van der Waals surface area contributed by atoms with Crippen LogP contribution < -0.4 is 5.32 Å². The minimum Gasteiger partial charge on any atom is -0.373 e. The van der Waals surface area contributed by atoms with Crippen LogP contribution in [0.4, 0.5) is 8.78 Å². The fourth-order valence-electron chi connectivity index (χ4n) is 3.87. The summed E-state index contributed by atoms with van der Waals surface area (Å²) in [6.45, 7) is 3.91. The van der Waals surface area contributed by atoms with E-state index in [2.05, 4.69) is 10.2 Å². The number of hydrogen-bond donors (Lipinski definition) is 1. The van der Waals surface area contributed by atoms with E-state index in [1.165, 1.54) is 0 Å². The summed E-state index contributed by atoms with van der Waals surface area (Å²) in [7, 11) is 0. The van der Waals surface area contributed by atoms with Crippen molar-refractivity contribution in [3.05, 3.63) is 0 Å². The average molecular weight is 316 g/mol. The molecule has 0 aromatic carbocycles. The number of piperidine rings is 1. The Labute approximate surface area is 130 Å². The largest absolute Gasteiger partial charge is 0.373 e. The molecule has 0 bridgehead atoms. The Morgan fingerprint density at radius 1 is 1.18 bits per heavy atom. The number of likely N-dealkylation sites (tertiary alicyclic amines) is 1. The van der Waals surface area contributed by atoms with Crippen molar-refractivity contribution in [3.63, 3.8) is 0 Å². The van der Waals surface area contributed by atoms with Gasteiger partial charge in [0, 0.05) is 45.4 Å². The first kappa shape index (κ1) is 16.1. The third-order valence-corrected chi connectivity index (χ3v) is 5.47. The smallest absolute Gasteiger partial charge is 0.248 e. The van der Waals surface area contributed by atoms with Crippen molar-refractivity contribution in [1.82, 2.24) is 10.2 Å². The summed E-state index contributed by atoms with van der Waals surface area (Å²) >= 11 is 0. The van der Waals surface area contributed by atoms with Gasteiger partial charge in [-0.05, 0) is 31.6 Å². The summed E-state index contributed by atoms with van der Waals surface area (Å²) in [4.78, 5) is 13.8. The molecule has 3 aliphatic rings. The van der Waals surface area contributed by atoms with Crippen LogP contribution in [0.1, 0.15) is 44.9 Å². The van der Waals surface area contributed by atoms with Crippen LogP contribution >= 0.6 is 0 Å². The molecule has 126 valence electrons. The zero-order chi connectivity index (χ0) is 15.6. The van der Waals surface area contributed by atoms with Crippen LogP contribution in [0.3, 0.4) is 0 Å². The van der Waals surface area contributed by atoms with Crippen molar-refractivity contribution in [2.45, 2.75) is 56.5 Å². The Kier molecular flexibility index (Phi) is 4.69. The first-order valence-electron chi connectivity index (χ1n) is 8.47. The highest BCUT2D eigenvalue weighted by Gasteiger charge is 2.39. The van der Waals surface area contributed by atoms with Crippen LogP contribution in [0, 0.1) is 5.92 Å². The number of halogens is 2. The molecule has 2 heterocycles. The predicted octanol–water partition coefficient (Wildman–Crippen LogP) is 2.18. The fraction of sp³-hybridized carbons (Fsp3) is 0.938. The number of carbonyl (C=O) groups is 1. The van der Waals surface area contributed by atoms with Gasteiger partial charge in [-0.2, -0.15) is 0 Å². The maximum Gasteiger partial charge on any atom is 0.248 e. The second kappa shape index (κ2) is 6.40. The third kappa shape index (κ3) is 3.96. The van der Waals surface area contributed by atoms with E-state index in [9.17, 15) is 13.6 Å². The zero-order valence-corrected chi connectivity index (χ0v) is 13.1. The van der Waals surface area contributed by atoms with Crippen LogP contribution in [0.15, 0.2) is 0 Å². The van der Waals surface area contributed by atoms with E-state index in [0.717, 1.165) is 32.5 Å². The van der Waals surface area contributed by atoms with Gasteiger partial charge in [0.2, 0.25) is 11.8 Å². The van der Waals surface area contributed by atoms with Crippen LogP contribution in [0.25, 0.3) is 0 Å². The lowest BCUT2D eigenvalue weighted by Gasteiger charge is -2.42. The second-order valence-corrected chi connectivity index (χ2v) is 7.16. The predicted molar refractivity (Wildman–Crippen MR) is 78.9 cm³/mol. The highest BCUT2D eigenvalue weighted by atomic mass is 19.3. The molecule has 1 N–H and O–H groups in total. The highest BCUT2D eigenvalue weighted by molar-refractivity contribution is 5.76. The summed E-state index contributed by atoms with van der Waals surface area (Å²) < 4.78 is 32.4. The van der Waals surface area contributed by atoms with Crippen molar-refractivity contribution in [3.8, 4) is 0 Å². The normalized spacial score (nSPS) is 30.0. The number of alkyl halides is 2. The second-order valence-electron chi connectivity index (χ2n) is 7.16. The molecule has 1 saturated carbocycles. The van der Waals surface area contributed by atoms with Gasteiger partial charge in [0.15, 0.2) is 0 Å². The molecule has 6 heteroatoms. The number of nitrogens with one attached hydrogen (secondary N) is 1. The summed E-state index contributed by atoms with van der Waals surface area (Å²) in [6.07, 6.45) is 3.64. The number of amides is 1. The molecule has 4 nitrogen and oxygen atoms in total. The zero-order valence-electron chi connectivity index (χ0n) is 13.1. The summed E-state index contributed by atoms with van der Waals surface area (Å²) in [5.41, 5.74) is -0.206. The number of rotatable bonds is 2. The van der Waals surface area contributed by atoms with Gasteiger partial charge in [-0.3, -0.25) is 4.79 Å².